The van der Waals surface area contributed by atoms with E-state index >= 15 is 0 Å². The number of aliphatic carboxylic acids is 1. The summed E-state index contributed by atoms with van der Waals surface area (Å²) in [4.78, 5) is 31.2. The zero-order valence-electron chi connectivity index (χ0n) is 11.0. The molecular formula is C12H17N3O4. The van der Waals surface area contributed by atoms with Crippen molar-refractivity contribution in [3.63, 3.8) is 0 Å². The van der Waals surface area contributed by atoms with Gasteiger partial charge in [0.15, 0.2) is 0 Å². The number of carbonyl (C=O) groups is 2. The van der Waals surface area contributed by atoms with Gasteiger partial charge in [-0.1, -0.05) is 13.8 Å². The second-order valence-electron chi connectivity index (χ2n) is 5.36. The van der Waals surface area contributed by atoms with Crippen molar-refractivity contribution in [1.82, 2.24) is 14.9 Å². The fraction of sp³-hybridized carbons (Fsp3) is 0.583. The van der Waals surface area contributed by atoms with E-state index in [1.807, 2.05) is 13.8 Å². The molecule has 2 heterocycles. The maximum atomic E-state index is 11.6. The number of rotatable bonds is 2. The summed E-state index contributed by atoms with van der Waals surface area (Å²) in [6.07, 6.45) is 0.332. The van der Waals surface area contributed by atoms with Crippen LogP contribution in [0.5, 0.6) is 0 Å². The molecule has 0 saturated carbocycles. The number of carboxylic acids is 1. The maximum Gasteiger partial charge on any atom is 0.408 e. The van der Waals surface area contributed by atoms with Gasteiger partial charge in [0.05, 0.1) is 18.1 Å². The van der Waals surface area contributed by atoms with Crippen LogP contribution in [0.4, 0.5) is 4.79 Å². The molecule has 0 aliphatic carbocycles. The van der Waals surface area contributed by atoms with Gasteiger partial charge in [0, 0.05) is 12.1 Å². The molecular weight excluding hydrogens is 250 g/mol. The van der Waals surface area contributed by atoms with E-state index in [1.54, 1.807) is 0 Å². The standard InChI is InChI=1S/C12H17N3O4/c1-6(2)9-8-7(13-5-14-8)4-12(3,10(16)17)15(9)11(18)19/h5-6,9H,4H2,1-3H3,(H,13,14)(H,16,17)(H,18,19)/t9-,12-/m0/s1. The first-order chi connectivity index (χ1) is 8.79. The van der Waals surface area contributed by atoms with E-state index in [9.17, 15) is 19.8 Å². The van der Waals surface area contributed by atoms with Crippen LogP contribution in [0.15, 0.2) is 6.33 Å². The highest BCUT2D eigenvalue weighted by Crippen LogP contribution is 2.41. The normalized spacial score (nSPS) is 26.3. The largest absolute Gasteiger partial charge is 0.479 e. The summed E-state index contributed by atoms with van der Waals surface area (Å²) in [5, 5.41) is 18.9. The fourth-order valence-corrected chi connectivity index (χ4v) is 2.71. The molecule has 7 heteroatoms. The Morgan fingerprint density at radius 2 is 2.16 bits per heavy atom. The summed E-state index contributed by atoms with van der Waals surface area (Å²) < 4.78 is 0. The van der Waals surface area contributed by atoms with E-state index in [1.165, 1.54) is 13.3 Å². The van der Waals surface area contributed by atoms with Crippen molar-refractivity contribution in [2.45, 2.75) is 38.8 Å². The van der Waals surface area contributed by atoms with E-state index in [2.05, 4.69) is 9.97 Å². The summed E-state index contributed by atoms with van der Waals surface area (Å²) >= 11 is 0. The Kier molecular flexibility index (Phi) is 3.00. The third kappa shape index (κ3) is 1.85. The minimum Gasteiger partial charge on any atom is -0.479 e. The highest BCUT2D eigenvalue weighted by molar-refractivity contribution is 5.84. The van der Waals surface area contributed by atoms with E-state index in [4.69, 9.17) is 0 Å². The van der Waals surface area contributed by atoms with Gasteiger partial charge in [-0.25, -0.2) is 14.6 Å². The van der Waals surface area contributed by atoms with Crippen LogP contribution in [0.3, 0.4) is 0 Å². The van der Waals surface area contributed by atoms with E-state index < -0.39 is 23.6 Å². The van der Waals surface area contributed by atoms with Crippen LogP contribution >= 0.6 is 0 Å². The van der Waals surface area contributed by atoms with Gasteiger partial charge in [0.1, 0.15) is 5.54 Å². The minimum absolute atomic E-state index is 0.0721. The van der Waals surface area contributed by atoms with Crippen LogP contribution in [0.1, 0.15) is 38.2 Å². The Morgan fingerprint density at radius 1 is 1.53 bits per heavy atom. The lowest BCUT2D eigenvalue weighted by Gasteiger charge is -2.45. The van der Waals surface area contributed by atoms with Crippen molar-refractivity contribution < 1.29 is 19.8 Å². The Bertz CT molecular complexity index is 525. The molecule has 2 atom stereocenters. The summed E-state index contributed by atoms with van der Waals surface area (Å²) in [6, 6.07) is -0.561. The van der Waals surface area contributed by atoms with Crippen LogP contribution in [0, 0.1) is 5.92 Å². The molecule has 0 spiro atoms. The summed E-state index contributed by atoms with van der Waals surface area (Å²) in [5.74, 6) is -1.22. The van der Waals surface area contributed by atoms with Gasteiger partial charge in [-0.2, -0.15) is 0 Å². The number of nitrogens with one attached hydrogen (secondary N) is 1. The molecule has 0 fully saturated rings. The van der Waals surface area contributed by atoms with Crippen molar-refractivity contribution in [2.24, 2.45) is 5.92 Å². The van der Waals surface area contributed by atoms with Crippen LogP contribution in [-0.4, -0.2) is 42.7 Å². The summed E-state index contributed by atoms with van der Waals surface area (Å²) in [6.45, 7) is 5.14. The van der Waals surface area contributed by atoms with Gasteiger partial charge in [-0.15, -0.1) is 0 Å². The SMILES string of the molecule is CC(C)[C@H]1c2nc[nH]c2C[C@@](C)(C(=O)O)N1C(=O)O. The molecule has 0 aromatic carbocycles. The molecule has 1 aromatic heterocycles. The molecule has 3 N–H and O–H groups in total. The summed E-state index contributed by atoms with van der Waals surface area (Å²) in [5.41, 5.74) is -0.169. The van der Waals surface area contributed by atoms with Crippen LogP contribution in [0.2, 0.25) is 0 Å². The van der Waals surface area contributed by atoms with Crippen molar-refractivity contribution >= 4 is 12.1 Å². The molecule has 0 radical (unpaired) electrons. The second kappa shape index (κ2) is 4.25. The predicted octanol–water partition coefficient (Wildman–Crippen LogP) is 1.49. The van der Waals surface area contributed by atoms with Crippen molar-refractivity contribution in [3.05, 3.63) is 17.7 Å². The minimum atomic E-state index is -1.49. The number of carboxylic acid groups (broad SMARTS) is 2. The highest BCUT2D eigenvalue weighted by Gasteiger charge is 2.52. The van der Waals surface area contributed by atoms with Gasteiger partial charge in [-0.05, 0) is 12.8 Å². The molecule has 104 valence electrons. The lowest BCUT2D eigenvalue weighted by Crippen LogP contribution is -2.60. The number of aromatic nitrogens is 2. The number of H-pyrrole nitrogens is 1. The third-order valence-electron chi connectivity index (χ3n) is 3.66. The molecule has 7 nitrogen and oxygen atoms in total. The Hall–Kier alpha value is -2.05. The lowest BCUT2D eigenvalue weighted by molar-refractivity contribution is -0.152. The molecule has 2 rings (SSSR count). The van der Waals surface area contributed by atoms with Crippen molar-refractivity contribution in [1.29, 1.82) is 0 Å². The first kappa shape index (κ1) is 13.4. The first-order valence-electron chi connectivity index (χ1n) is 6.07. The zero-order valence-corrected chi connectivity index (χ0v) is 11.0. The molecule has 1 aromatic rings. The molecule has 1 amide bonds. The quantitative estimate of drug-likeness (QED) is 0.752. The number of fused-ring (bicyclic) bond motifs is 1. The van der Waals surface area contributed by atoms with Gasteiger partial charge in [0.2, 0.25) is 0 Å². The number of hydrogen-bond acceptors (Lipinski definition) is 3. The molecule has 0 saturated heterocycles. The highest BCUT2D eigenvalue weighted by atomic mass is 16.4. The van der Waals surface area contributed by atoms with E-state index in [0.29, 0.717) is 11.4 Å². The molecule has 0 bridgehead atoms. The Morgan fingerprint density at radius 3 is 2.63 bits per heavy atom. The van der Waals surface area contributed by atoms with Gasteiger partial charge >= 0.3 is 12.1 Å². The third-order valence-corrected chi connectivity index (χ3v) is 3.66. The number of nitrogens with zero attached hydrogens (tertiary/aromatic N) is 2. The molecule has 1 aliphatic rings. The first-order valence-corrected chi connectivity index (χ1v) is 6.07. The maximum absolute atomic E-state index is 11.6. The topological polar surface area (TPSA) is 107 Å². The Labute approximate surface area is 110 Å². The van der Waals surface area contributed by atoms with Crippen LogP contribution < -0.4 is 0 Å². The molecule has 0 unspecified atom stereocenters. The van der Waals surface area contributed by atoms with Crippen LogP contribution in [0.25, 0.3) is 0 Å². The van der Waals surface area contributed by atoms with Crippen molar-refractivity contribution in [2.75, 3.05) is 0 Å². The monoisotopic (exact) mass is 267 g/mol. The summed E-state index contributed by atoms with van der Waals surface area (Å²) in [7, 11) is 0. The number of hydrogen-bond donors (Lipinski definition) is 3. The van der Waals surface area contributed by atoms with E-state index in [-0.39, 0.29) is 12.3 Å². The van der Waals surface area contributed by atoms with Gasteiger partial charge in [0.25, 0.3) is 0 Å². The fourth-order valence-electron chi connectivity index (χ4n) is 2.71. The smallest absolute Gasteiger partial charge is 0.408 e. The Balaban J connectivity index is 2.63. The van der Waals surface area contributed by atoms with Gasteiger partial charge < -0.3 is 15.2 Å². The van der Waals surface area contributed by atoms with E-state index in [0.717, 1.165) is 4.90 Å². The van der Waals surface area contributed by atoms with Crippen LogP contribution in [-0.2, 0) is 11.2 Å². The number of imidazole rings is 1. The lowest BCUT2D eigenvalue weighted by atomic mass is 9.82. The second-order valence-corrected chi connectivity index (χ2v) is 5.36. The average Bonchev–Trinajstić information content (AvgIpc) is 2.73. The number of aromatic amines is 1. The molecule has 19 heavy (non-hydrogen) atoms. The molecule has 1 aliphatic heterocycles. The average molecular weight is 267 g/mol. The van der Waals surface area contributed by atoms with Crippen molar-refractivity contribution in [3.8, 4) is 0 Å². The zero-order chi connectivity index (χ0) is 14.4. The predicted molar refractivity (Wildman–Crippen MR) is 65.8 cm³/mol. The van der Waals surface area contributed by atoms with Gasteiger partial charge in [-0.3, -0.25) is 4.90 Å². The number of amides is 1.